The van der Waals surface area contributed by atoms with Crippen LogP contribution in [0.4, 0.5) is 0 Å². The van der Waals surface area contributed by atoms with Crippen molar-refractivity contribution in [3.05, 3.63) is 50.8 Å². The minimum absolute atomic E-state index is 0.108. The van der Waals surface area contributed by atoms with E-state index in [1.165, 1.54) is 0 Å². The van der Waals surface area contributed by atoms with Crippen molar-refractivity contribution in [1.82, 2.24) is 10.5 Å². The van der Waals surface area contributed by atoms with Crippen LogP contribution >= 0.6 is 23.2 Å². The number of rotatable bonds is 4. The number of aromatic nitrogens is 1. The second kappa shape index (κ2) is 6.50. The largest absolute Gasteiger partial charge is 0.361 e. The molecule has 2 rings (SSSR count). The Labute approximate surface area is 133 Å². The number of amides is 1. The van der Waals surface area contributed by atoms with Crippen LogP contribution < -0.4 is 5.32 Å². The van der Waals surface area contributed by atoms with E-state index in [9.17, 15) is 4.79 Å². The molecule has 0 fully saturated rings. The first-order valence-corrected chi connectivity index (χ1v) is 7.30. The van der Waals surface area contributed by atoms with Crippen LogP contribution in [0.1, 0.15) is 35.5 Å². The predicted octanol–water partition coefficient (Wildman–Crippen LogP) is 4.02. The number of nitrogens with zero attached hydrogens (tertiary/aromatic N) is 1. The average molecular weight is 327 g/mol. The highest BCUT2D eigenvalue weighted by Gasteiger charge is 2.17. The number of carbonyl (C=O) groups is 1. The van der Waals surface area contributed by atoms with E-state index in [4.69, 9.17) is 27.7 Å². The third-order valence-corrected chi connectivity index (χ3v) is 3.89. The van der Waals surface area contributed by atoms with Crippen LogP contribution in [0.2, 0.25) is 10.0 Å². The van der Waals surface area contributed by atoms with Gasteiger partial charge in [0.25, 0.3) is 0 Å². The first-order chi connectivity index (χ1) is 9.88. The van der Waals surface area contributed by atoms with Crippen molar-refractivity contribution >= 4 is 29.1 Å². The van der Waals surface area contributed by atoms with E-state index in [-0.39, 0.29) is 18.4 Å². The molecule has 6 heteroatoms. The molecule has 0 unspecified atom stereocenters. The fourth-order valence-electron chi connectivity index (χ4n) is 2.14. The Balaban J connectivity index is 2.05. The van der Waals surface area contributed by atoms with Crippen molar-refractivity contribution in [2.75, 3.05) is 0 Å². The molecular formula is C15H16Cl2N2O2. The van der Waals surface area contributed by atoms with E-state index < -0.39 is 0 Å². The molecule has 2 aromatic rings. The molecule has 1 aromatic heterocycles. The SMILES string of the molecule is Cc1noc(C)c1CC(=O)N[C@@H](C)c1ccc(Cl)cc1Cl. The smallest absolute Gasteiger partial charge is 0.225 e. The number of halogens is 2. The second-order valence-electron chi connectivity index (χ2n) is 4.93. The van der Waals surface area contributed by atoms with Gasteiger partial charge in [0.15, 0.2) is 0 Å². The Morgan fingerprint density at radius 3 is 2.67 bits per heavy atom. The lowest BCUT2D eigenvalue weighted by molar-refractivity contribution is -0.121. The van der Waals surface area contributed by atoms with Crippen LogP contribution in [0.5, 0.6) is 0 Å². The molecular weight excluding hydrogens is 311 g/mol. The van der Waals surface area contributed by atoms with Crippen LogP contribution in [-0.4, -0.2) is 11.1 Å². The maximum atomic E-state index is 12.1. The van der Waals surface area contributed by atoms with Crippen molar-refractivity contribution in [3.63, 3.8) is 0 Å². The van der Waals surface area contributed by atoms with Gasteiger partial charge in [-0.25, -0.2) is 0 Å². The number of benzene rings is 1. The minimum Gasteiger partial charge on any atom is -0.361 e. The van der Waals surface area contributed by atoms with Gasteiger partial charge in [-0.1, -0.05) is 34.4 Å². The number of carbonyl (C=O) groups excluding carboxylic acids is 1. The molecule has 1 N–H and O–H groups in total. The number of hydrogen-bond donors (Lipinski definition) is 1. The van der Waals surface area contributed by atoms with Crippen LogP contribution in [-0.2, 0) is 11.2 Å². The van der Waals surface area contributed by atoms with Crippen LogP contribution in [0.3, 0.4) is 0 Å². The molecule has 1 aromatic carbocycles. The highest BCUT2D eigenvalue weighted by atomic mass is 35.5. The van der Waals surface area contributed by atoms with Gasteiger partial charge < -0.3 is 9.84 Å². The van der Waals surface area contributed by atoms with Crippen LogP contribution in [0.15, 0.2) is 22.7 Å². The van der Waals surface area contributed by atoms with Crippen molar-refractivity contribution < 1.29 is 9.32 Å². The molecule has 0 aliphatic rings. The zero-order chi connectivity index (χ0) is 15.6. The van der Waals surface area contributed by atoms with Crippen molar-refractivity contribution in [3.8, 4) is 0 Å². The topological polar surface area (TPSA) is 55.1 Å². The Hall–Kier alpha value is -1.52. The quantitative estimate of drug-likeness (QED) is 0.923. The Morgan fingerprint density at radius 2 is 2.10 bits per heavy atom. The van der Waals surface area contributed by atoms with E-state index in [1.807, 2.05) is 19.9 Å². The van der Waals surface area contributed by atoms with Gasteiger partial charge in [-0.3, -0.25) is 4.79 Å². The molecule has 0 aliphatic heterocycles. The Morgan fingerprint density at radius 1 is 1.38 bits per heavy atom. The molecule has 1 amide bonds. The normalized spacial score (nSPS) is 12.2. The van der Waals surface area contributed by atoms with Crippen LogP contribution in [0, 0.1) is 13.8 Å². The Bertz CT molecular complexity index is 648. The summed E-state index contributed by atoms with van der Waals surface area (Å²) in [5.41, 5.74) is 2.38. The zero-order valence-corrected chi connectivity index (χ0v) is 13.5. The highest BCUT2D eigenvalue weighted by Crippen LogP contribution is 2.26. The molecule has 1 atom stereocenters. The summed E-state index contributed by atoms with van der Waals surface area (Å²) in [4.78, 5) is 12.1. The van der Waals surface area contributed by atoms with Gasteiger partial charge in [-0.05, 0) is 38.5 Å². The van der Waals surface area contributed by atoms with Gasteiger partial charge in [0, 0.05) is 15.6 Å². The van der Waals surface area contributed by atoms with E-state index in [1.54, 1.807) is 19.1 Å². The summed E-state index contributed by atoms with van der Waals surface area (Å²) in [5.74, 6) is 0.558. The molecule has 0 radical (unpaired) electrons. The van der Waals surface area contributed by atoms with Crippen LogP contribution in [0.25, 0.3) is 0 Å². The lowest BCUT2D eigenvalue weighted by Crippen LogP contribution is -2.28. The molecule has 1 heterocycles. The summed E-state index contributed by atoms with van der Waals surface area (Å²) in [5, 5.41) is 7.86. The summed E-state index contributed by atoms with van der Waals surface area (Å²) >= 11 is 12.0. The molecule has 0 saturated carbocycles. The third-order valence-electron chi connectivity index (χ3n) is 3.33. The van der Waals surface area contributed by atoms with E-state index in [2.05, 4.69) is 10.5 Å². The maximum Gasteiger partial charge on any atom is 0.225 e. The van der Waals surface area contributed by atoms with E-state index >= 15 is 0 Å². The average Bonchev–Trinajstić information content (AvgIpc) is 2.70. The number of nitrogens with one attached hydrogen (secondary N) is 1. The van der Waals surface area contributed by atoms with Gasteiger partial charge >= 0.3 is 0 Å². The number of aryl methyl sites for hydroxylation is 2. The lowest BCUT2D eigenvalue weighted by Gasteiger charge is -2.16. The first-order valence-electron chi connectivity index (χ1n) is 6.54. The van der Waals surface area contributed by atoms with Crippen molar-refractivity contribution in [2.24, 2.45) is 0 Å². The highest BCUT2D eigenvalue weighted by molar-refractivity contribution is 6.35. The molecule has 0 spiro atoms. The standard InChI is InChI=1S/C15H16Cl2N2O2/c1-8(12-5-4-11(16)6-14(12)17)18-15(20)7-13-9(2)19-21-10(13)3/h4-6,8H,7H2,1-3H3,(H,18,20)/t8-/m0/s1. The molecule has 0 bridgehead atoms. The summed E-state index contributed by atoms with van der Waals surface area (Å²) in [6.45, 7) is 5.49. The first kappa shape index (κ1) is 15.9. The van der Waals surface area contributed by atoms with Gasteiger partial charge in [0.05, 0.1) is 18.2 Å². The summed E-state index contributed by atoms with van der Waals surface area (Å²) < 4.78 is 5.05. The monoisotopic (exact) mass is 326 g/mol. The molecule has 0 aliphatic carbocycles. The molecule has 0 saturated heterocycles. The third kappa shape index (κ3) is 3.77. The number of hydrogen-bond acceptors (Lipinski definition) is 3. The second-order valence-corrected chi connectivity index (χ2v) is 5.78. The lowest BCUT2D eigenvalue weighted by atomic mass is 10.1. The molecule has 112 valence electrons. The fraction of sp³-hybridized carbons (Fsp3) is 0.333. The van der Waals surface area contributed by atoms with Gasteiger partial charge in [-0.2, -0.15) is 0 Å². The summed E-state index contributed by atoms with van der Waals surface area (Å²) in [6.07, 6.45) is 0.233. The fourth-order valence-corrected chi connectivity index (χ4v) is 2.71. The van der Waals surface area contributed by atoms with Gasteiger partial charge in [-0.15, -0.1) is 0 Å². The summed E-state index contributed by atoms with van der Waals surface area (Å²) in [7, 11) is 0. The van der Waals surface area contributed by atoms with E-state index in [0.717, 1.165) is 16.8 Å². The zero-order valence-electron chi connectivity index (χ0n) is 12.0. The van der Waals surface area contributed by atoms with Crippen molar-refractivity contribution in [2.45, 2.75) is 33.2 Å². The maximum absolute atomic E-state index is 12.1. The Kier molecular flexibility index (Phi) is 4.91. The summed E-state index contributed by atoms with van der Waals surface area (Å²) in [6, 6.07) is 5.02. The predicted molar refractivity (Wildman–Crippen MR) is 82.7 cm³/mol. The van der Waals surface area contributed by atoms with Gasteiger partial charge in [0.2, 0.25) is 5.91 Å². The minimum atomic E-state index is -0.206. The van der Waals surface area contributed by atoms with Crippen molar-refractivity contribution in [1.29, 1.82) is 0 Å². The molecule has 4 nitrogen and oxygen atoms in total. The van der Waals surface area contributed by atoms with E-state index in [0.29, 0.717) is 15.8 Å². The molecule has 21 heavy (non-hydrogen) atoms. The van der Waals surface area contributed by atoms with Gasteiger partial charge in [0.1, 0.15) is 5.76 Å².